The van der Waals surface area contributed by atoms with E-state index < -0.39 is 0 Å². The number of rotatable bonds is 4. The molecule has 1 aromatic carbocycles. The summed E-state index contributed by atoms with van der Waals surface area (Å²) in [5.74, 6) is 0.706. The van der Waals surface area contributed by atoms with Crippen LogP contribution >= 0.6 is 0 Å². The molecule has 5 rings (SSSR count). The molecule has 2 aliphatic rings. The largest absolute Gasteiger partial charge is 0.692 e. The number of aromatic nitrogens is 3. The average Bonchev–Trinajstić information content (AvgIpc) is 3.11. The number of aliphatic imine (C=N–C) groups is 1. The molecular weight excluding hydrogens is 404 g/mol. The lowest BCUT2D eigenvalue weighted by Gasteiger charge is -2.21. The molecule has 2 N–H and O–H groups in total. The van der Waals surface area contributed by atoms with Gasteiger partial charge >= 0.3 is 5.84 Å². The lowest BCUT2D eigenvalue weighted by molar-refractivity contribution is -0.630. The first kappa shape index (κ1) is 19.7. The van der Waals surface area contributed by atoms with Crippen LogP contribution in [-0.4, -0.2) is 48.4 Å². The molecule has 0 unspecified atom stereocenters. The molecule has 9 nitrogen and oxygen atoms in total. The summed E-state index contributed by atoms with van der Waals surface area (Å²) in [5, 5.41) is 23.2. The zero-order chi connectivity index (χ0) is 22.2. The minimum atomic E-state index is 0.263. The molecule has 2 aromatic heterocycles. The summed E-state index contributed by atoms with van der Waals surface area (Å²) >= 11 is 0. The van der Waals surface area contributed by atoms with E-state index in [1.165, 1.54) is 0 Å². The minimum absolute atomic E-state index is 0.263. The number of fused-ring (bicyclic) bond motifs is 1. The van der Waals surface area contributed by atoms with Crippen LogP contribution in [0.5, 0.6) is 0 Å². The maximum atomic E-state index is 13.6. The summed E-state index contributed by atoms with van der Waals surface area (Å²) in [6, 6.07) is 17.3. The Morgan fingerprint density at radius 3 is 2.47 bits per heavy atom. The van der Waals surface area contributed by atoms with Gasteiger partial charge in [-0.25, -0.2) is 0 Å². The Morgan fingerprint density at radius 1 is 1.03 bits per heavy atom. The highest BCUT2D eigenvalue weighted by molar-refractivity contribution is 6.33. The average molecular weight is 426 g/mol. The van der Waals surface area contributed by atoms with Crippen molar-refractivity contribution in [1.82, 2.24) is 25.1 Å². The number of nitrogens with zero attached hydrogens (tertiary/aromatic N) is 7. The van der Waals surface area contributed by atoms with Crippen molar-refractivity contribution >= 4 is 23.1 Å². The Morgan fingerprint density at radius 2 is 1.78 bits per heavy atom. The van der Waals surface area contributed by atoms with Gasteiger partial charge in [-0.05, 0) is 43.7 Å². The van der Waals surface area contributed by atoms with Crippen molar-refractivity contribution in [1.29, 1.82) is 0 Å². The number of nitrogens with two attached hydrogens (primary N) is 1. The zero-order valence-electron chi connectivity index (χ0n) is 17.8. The molecule has 4 heterocycles. The fourth-order valence-electron chi connectivity index (χ4n) is 4.04. The van der Waals surface area contributed by atoms with E-state index in [0.717, 1.165) is 32.9 Å². The number of aryl methyl sites for hydroxylation is 2. The van der Waals surface area contributed by atoms with Crippen LogP contribution in [0, 0.1) is 19.1 Å². The maximum absolute atomic E-state index is 13.6. The molecule has 0 bridgehead atoms. The van der Waals surface area contributed by atoms with Gasteiger partial charge in [0.2, 0.25) is 0 Å². The number of hydrazone groups is 1. The van der Waals surface area contributed by atoms with Gasteiger partial charge in [-0.2, -0.15) is 29.9 Å². The van der Waals surface area contributed by atoms with Gasteiger partial charge in [0.05, 0.1) is 11.4 Å². The Kier molecular flexibility index (Phi) is 4.78. The first-order chi connectivity index (χ1) is 15.5. The van der Waals surface area contributed by atoms with Crippen LogP contribution < -0.4 is 5.73 Å². The predicted octanol–water partition coefficient (Wildman–Crippen LogP) is 2.28. The molecular formula is C23H22N8O. The van der Waals surface area contributed by atoms with Crippen LogP contribution in [0.4, 0.5) is 0 Å². The van der Waals surface area contributed by atoms with Gasteiger partial charge in [0, 0.05) is 23.1 Å². The third-order valence-corrected chi connectivity index (χ3v) is 5.35. The van der Waals surface area contributed by atoms with E-state index in [1.807, 2.05) is 62.4 Å². The van der Waals surface area contributed by atoms with Crippen molar-refractivity contribution in [2.45, 2.75) is 20.4 Å². The van der Waals surface area contributed by atoms with Gasteiger partial charge < -0.3 is 10.9 Å². The molecule has 2 aliphatic heterocycles. The highest BCUT2D eigenvalue weighted by atomic mass is 16.5. The predicted molar refractivity (Wildman–Crippen MR) is 122 cm³/mol. The van der Waals surface area contributed by atoms with E-state index in [1.54, 1.807) is 22.2 Å². The molecule has 0 saturated heterocycles. The number of hydrazine groups is 1. The van der Waals surface area contributed by atoms with Crippen LogP contribution in [0.3, 0.4) is 0 Å². The third-order valence-electron chi connectivity index (χ3n) is 5.35. The number of benzene rings is 1. The van der Waals surface area contributed by atoms with E-state index in [-0.39, 0.29) is 12.6 Å². The molecule has 0 spiro atoms. The van der Waals surface area contributed by atoms with Crippen LogP contribution in [0.1, 0.15) is 28.2 Å². The third kappa shape index (κ3) is 3.43. The maximum Gasteiger partial charge on any atom is 0.318 e. The minimum Gasteiger partial charge on any atom is -0.692 e. The summed E-state index contributed by atoms with van der Waals surface area (Å²) in [4.78, 5) is 11.8. The van der Waals surface area contributed by atoms with E-state index >= 15 is 0 Å². The first-order valence-corrected chi connectivity index (χ1v) is 10.2. The van der Waals surface area contributed by atoms with Crippen LogP contribution in [-0.2, 0) is 6.54 Å². The molecule has 0 radical (unpaired) electrons. The molecule has 9 heteroatoms. The quantitative estimate of drug-likeness (QED) is 0.503. The second-order valence-electron chi connectivity index (χ2n) is 7.74. The van der Waals surface area contributed by atoms with Crippen LogP contribution in [0.25, 0.3) is 11.3 Å². The fourth-order valence-corrected chi connectivity index (χ4v) is 4.04. The van der Waals surface area contributed by atoms with Gasteiger partial charge in [-0.1, -0.05) is 30.3 Å². The number of guanidine groups is 1. The van der Waals surface area contributed by atoms with Gasteiger partial charge in [-0.3, -0.25) is 4.98 Å². The van der Waals surface area contributed by atoms with Crippen molar-refractivity contribution in [3.05, 3.63) is 94.2 Å². The number of amidine groups is 1. The number of hydrogen-bond donors (Lipinski definition) is 1. The molecule has 3 aromatic rings. The Balaban J connectivity index is 1.71. The number of pyridine rings is 1. The van der Waals surface area contributed by atoms with E-state index in [2.05, 4.69) is 15.2 Å². The monoisotopic (exact) mass is 426 g/mol. The van der Waals surface area contributed by atoms with Crippen molar-refractivity contribution in [2.75, 3.05) is 6.67 Å². The standard InChI is InChI=1S/C23H22N8O/c1-15-11-18(12-16(2)26-15)20-21(17-7-4-3-5-8-17)27-23(24)30-14-29(31(32)22(20)30)13-19-9-6-10-25-28-19/h3-12H,13-14H2,1-2H3,(H2,24,27). The SMILES string of the molecule is Cc1cc(C2=C(c3ccccc3)N=C(N)N3CN(Cc4cccnn4)[N+]([O-])=C23)cc(C)n1. The van der Waals surface area contributed by atoms with Gasteiger partial charge in [0.1, 0.15) is 12.1 Å². The molecule has 0 atom stereocenters. The zero-order valence-corrected chi connectivity index (χ0v) is 17.8. The van der Waals surface area contributed by atoms with Crippen molar-refractivity contribution in [3.63, 3.8) is 0 Å². The highest BCUT2D eigenvalue weighted by Gasteiger charge is 2.44. The van der Waals surface area contributed by atoms with E-state index in [9.17, 15) is 5.21 Å². The summed E-state index contributed by atoms with van der Waals surface area (Å²) in [6.45, 7) is 4.44. The lowest BCUT2D eigenvalue weighted by atomic mass is 9.96. The van der Waals surface area contributed by atoms with Crippen molar-refractivity contribution < 1.29 is 4.85 Å². The van der Waals surface area contributed by atoms with Crippen molar-refractivity contribution in [3.8, 4) is 0 Å². The van der Waals surface area contributed by atoms with Gasteiger partial charge in [0.25, 0.3) is 5.96 Å². The lowest BCUT2D eigenvalue weighted by Crippen LogP contribution is -2.44. The van der Waals surface area contributed by atoms with E-state index in [4.69, 9.17) is 10.7 Å². The Hall–Kier alpha value is -4.27. The highest BCUT2D eigenvalue weighted by Crippen LogP contribution is 2.35. The number of hydrogen-bond acceptors (Lipinski definition) is 8. The van der Waals surface area contributed by atoms with Gasteiger partial charge in [0.15, 0.2) is 6.67 Å². The molecule has 32 heavy (non-hydrogen) atoms. The summed E-state index contributed by atoms with van der Waals surface area (Å²) in [5.41, 5.74) is 11.9. The smallest absolute Gasteiger partial charge is 0.318 e. The topological polar surface area (TPSA) is 110 Å². The summed E-state index contributed by atoms with van der Waals surface area (Å²) in [6.07, 6.45) is 1.60. The molecule has 0 fully saturated rings. The second-order valence-corrected chi connectivity index (χ2v) is 7.74. The van der Waals surface area contributed by atoms with E-state index in [0.29, 0.717) is 23.8 Å². The van der Waals surface area contributed by atoms with Gasteiger partial charge in [-0.15, -0.1) is 0 Å². The summed E-state index contributed by atoms with van der Waals surface area (Å²) in [7, 11) is 0. The molecule has 0 saturated carbocycles. The van der Waals surface area contributed by atoms with Crippen LogP contribution in [0.15, 0.2) is 65.8 Å². The second kappa shape index (κ2) is 7.77. The summed E-state index contributed by atoms with van der Waals surface area (Å²) < 4.78 is 0. The molecule has 0 aliphatic carbocycles. The Bertz CT molecular complexity index is 1250. The molecule has 0 amide bonds. The van der Waals surface area contributed by atoms with Crippen LogP contribution in [0.2, 0.25) is 0 Å². The fraction of sp³-hybridized carbons (Fsp3) is 0.174. The Labute approximate surface area is 185 Å². The normalized spacial score (nSPS) is 15.9. The first-order valence-electron chi connectivity index (χ1n) is 10.2. The van der Waals surface area contributed by atoms with Crippen molar-refractivity contribution in [2.24, 2.45) is 10.7 Å². The molecule has 160 valence electrons.